The highest BCUT2D eigenvalue weighted by molar-refractivity contribution is 7.60. The van der Waals surface area contributed by atoms with Crippen LogP contribution in [0.4, 0.5) is 5.69 Å². The topological polar surface area (TPSA) is 125 Å². The van der Waals surface area contributed by atoms with Crippen LogP contribution in [-0.2, 0) is 18.0 Å². The highest BCUT2D eigenvalue weighted by atomic mass is 31.3. The molecule has 0 heterocycles. The van der Waals surface area contributed by atoms with Crippen LogP contribution in [0.5, 0.6) is 0 Å². The third-order valence-corrected chi connectivity index (χ3v) is 5.65. The summed E-state index contributed by atoms with van der Waals surface area (Å²) >= 11 is 0. The number of nitrogens with one attached hydrogen (secondary N) is 1. The van der Waals surface area contributed by atoms with E-state index in [1.54, 1.807) is 6.08 Å². The van der Waals surface area contributed by atoms with Crippen molar-refractivity contribution in [2.75, 3.05) is 18.5 Å². The lowest BCUT2D eigenvalue weighted by Gasteiger charge is -2.11. The average molecular weight is 419 g/mol. The Balaban J connectivity index is 2.34. The Labute approximate surface area is 159 Å². The molecule has 10 heteroatoms. The molecule has 0 saturated heterocycles. The summed E-state index contributed by atoms with van der Waals surface area (Å²) in [7, 11) is -9.87. The van der Waals surface area contributed by atoms with Crippen molar-refractivity contribution < 1.29 is 32.6 Å². The molecule has 1 rings (SSSR count). The predicted molar refractivity (Wildman–Crippen MR) is 105 cm³/mol. The SMILES string of the molecule is C/C(=C\COP(=O)(O)OP(=O)(O)O)CC/C=C(\C)CNc1cccc(C)c1. The molecule has 0 amide bonds. The van der Waals surface area contributed by atoms with Gasteiger partial charge in [0, 0.05) is 12.2 Å². The van der Waals surface area contributed by atoms with Gasteiger partial charge < -0.3 is 20.0 Å². The van der Waals surface area contributed by atoms with Crippen LogP contribution in [0.3, 0.4) is 0 Å². The van der Waals surface area contributed by atoms with Crippen molar-refractivity contribution in [2.45, 2.75) is 33.6 Å². The van der Waals surface area contributed by atoms with E-state index in [0.29, 0.717) is 0 Å². The van der Waals surface area contributed by atoms with Gasteiger partial charge in [-0.15, -0.1) is 0 Å². The van der Waals surface area contributed by atoms with Crippen molar-refractivity contribution >= 4 is 21.3 Å². The number of hydrogen-bond donors (Lipinski definition) is 4. The summed E-state index contributed by atoms with van der Waals surface area (Å²) in [6.45, 7) is 6.37. The fraction of sp³-hybridized carbons (Fsp3) is 0.412. The molecule has 1 aromatic rings. The predicted octanol–water partition coefficient (Wildman–Crippen LogP) is 4.31. The number of anilines is 1. The van der Waals surface area contributed by atoms with Gasteiger partial charge in [0.15, 0.2) is 0 Å². The van der Waals surface area contributed by atoms with E-state index in [4.69, 9.17) is 14.7 Å². The zero-order chi connectivity index (χ0) is 20.5. The number of benzene rings is 1. The zero-order valence-corrected chi connectivity index (χ0v) is 17.5. The summed E-state index contributed by atoms with van der Waals surface area (Å²) in [6.07, 6.45) is 5.19. The summed E-state index contributed by atoms with van der Waals surface area (Å²) in [5.41, 5.74) is 4.38. The Morgan fingerprint density at radius 3 is 2.48 bits per heavy atom. The van der Waals surface area contributed by atoms with E-state index in [9.17, 15) is 9.13 Å². The van der Waals surface area contributed by atoms with Crippen molar-refractivity contribution in [3.8, 4) is 0 Å². The van der Waals surface area contributed by atoms with Gasteiger partial charge in [-0.2, -0.15) is 4.31 Å². The molecule has 27 heavy (non-hydrogen) atoms. The van der Waals surface area contributed by atoms with Gasteiger partial charge in [0.2, 0.25) is 0 Å². The van der Waals surface area contributed by atoms with Gasteiger partial charge >= 0.3 is 15.6 Å². The molecule has 1 unspecified atom stereocenters. The number of phosphoric ester groups is 1. The van der Waals surface area contributed by atoms with E-state index in [1.807, 2.05) is 39.0 Å². The number of phosphoric acid groups is 2. The first kappa shape index (κ1) is 23.8. The molecule has 0 spiro atoms. The molecule has 4 N–H and O–H groups in total. The molecule has 0 radical (unpaired) electrons. The van der Waals surface area contributed by atoms with E-state index < -0.39 is 15.6 Å². The van der Waals surface area contributed by atoms with Crippen molar-refractivity contribution in [1.82, 2.24) is 0 Å². The summed E-state index contributed by atoms with van der Waals surface area (Å²) in [6, 6.07) is 8.14. The van der Waals surface area contributed by atoms with Crippen molar-refractivity contribution in [2.24, 2.45) is 0 Å². The van der Waals surface area contributed by atoms with Crippen LogP contribution in [0, 0.1) is 6.92 Å². The summed E-state index contributed by atoms with van der Waals surface area (Å²) in [5, 5.41) is 3.35. The Bertz CT molecular complexity index is 770. The summed E-state index contributed by atoms with van der Waals surface area (Å²) < 4.78 is 30.0. The van der Waals surface area contributed by atoms with Gasteiger partial charge in [-0.1, -0.05) is 35.4 Å². The van der Waals surface area contributed by atoms with Gasteiger partial charge in [-0.25, -0.2) is 9.13 Å². The molecule has 1 aromatic carbocycles. The third kappa shape index (κ3) is 12.0. The lowest BCUT2D eigenvalue weighted by molar-refractivity contribution is 0.191. The average Bonchev–Trinajstić information content (AvgIpc) is 2.50. The van der Waals surface area contributed by atoms with Crippen LogP contribution < -0.4 is 5.32 Å². The first-order valence-corrected chi connectivity index (χ1v) is 11.4. The maximum absolute atomic E-state index is 11.3. The largest absolute Gasteiger partial charge is 0.481 e. The smallest absolute Gasteiger partial charge is 0.381 e. The lowest BCUT2D eigenvalue weighted by atomic mass is 10.1. The van der Waals surface area contributed by atoms with Crippen LogP contribution in [0.15, 0.2) is 47.6 Å². The molecular weight excluding hydrogens is 392 g/mol. The molecule has 152 valence electrons. The molecule has 1 atom stereocenters. The molecule has 0 aliphatic carbocycles. The Hall–Kier alpha value is -1.24. The molecule has 0 fully saturated rings. The highest BCUT2D eigenvalue weighted by Crippen LogP contribution is 2.57. The van der Waals surface area contributed by atoms with Crippen molar-refractivity contribution in [1.29, 1.82) is 0 Å². The number of allylic oxidation sites excluding steroid dienone is 2. The second-order valence-corrected chi connectivity index (χ2v) is 9.03. The maximum Gasteiger partial charge on any atom is 0.481 e. The number of rotatable bonds is 11. The molecule has 8 nitrogen and oxygen atoms in total. The lowest BCUT2D eigenvalue weighted by Crippen LogP contribution is -2.02. The minimum Gasteiger partial charge on any atom is -0.381 e. The molecule has 0 aliphatic rings. The fourth-order valence-corrected chi connectivity index (χ4v) is 3.68. The van der Waals surface area contributed by atoms with E-state index >= 15 is 0 Å². The maximum atomic E-state index is 11.3. The number of hydrogen-bond acceptors (Lipinski definition) is 5. The van der Waals surface area contributed by atoms with E-state index in [-0.39, 0.29) is 6.61 Å². The first-order valence-electron chi connectivity index (χ1n) is 8.33. The standard InChI is InChI=1S/C17H27NO7P2/c1-14(10-11-24-27(22,23)25-26(19,20)21)6-4-8-16(3)13-18-17-9-5-7-15(2)12-17/h5,7-10,12,18H,4,6,11,13H2,1-3H3,(H,22,23)(H2,19,20,21)/b14-10+,16-8+. The first-order chi connectivity index (χ1) is 12.5. The molecule has 0 saturated carbocycles. The van der Waals surface area contributed by atoms with Gasteiger partial charge in [0.25, 0.3) is 0 Å². The van der Waals surface area contributed by atoms with Crippen molar-refractivity contribution in [3.63, 3.8) is 0 Å². The van der Waals surface area contributed by atoms with Crippen LogP contribution in [0.25, 0.3) is 0 Å². The minimum atomic E-state index is -5.08. The summed E-state index contributed by atoms with van der Waals surface area (Å²) in [4.78, 5) is 26.2. The highest BCUT2D eigenvalue weighted by Gasteiger charge is 2.31. The quantitative estimate of drug-likeness (QED) is 0.309. The molecule has 0 aromatic heterocycles. The van der Waals surface area contributed by atoms with Crippen LogP contribution in [0.1, 0.15) is 32.3 Å². The van der Waals surface area contributed by atoms with Crippen LogP contribution in [-0.4, -0.2) is 27.8 Å². The number of aryl methyl sites for hydroxylation is 1. The van der Waals surface area contributed by atoms with E-state index in [0.717, 1.165) is 30.6 Å². The normalized spacial score (nSPS) is 15.5. The van der Waals surface area contributed by atoms with Crippen molar-refractivity contribution in [3.05, 3.63) is 53.1 Å². The minimum absolute atomic E-state index is 0.281. The molecular formula is C17H27NO7P2. The molecule has 0 bridgehead atoms. The molecule has 0 aliphatic heterocycles. The second kappa shape index (κ2) is 10.9. The zero-order valence-electron chi connectivity index (χ0n) is 15.7. The third-order valence-electron chi connectivity index (χ3n) is 3.50. The van der Waals surface area contributed by atoms with Gasteiger partial charge in [0.1, 0.15) is 0 Å². The van der Waals surface area contributed by atoms with Gasteiger partial charge in [0.05, 0.1) is 6.61 Å². The second-order valence-electron chi connectivity index (χ2n) is 6.20. The van der Waals surface area contributed by atoms with Gasteiger partial charge in [-0.05, 0) is 51.3 Å². The van der Waals surface area contributed by atoms with Crippen LogP contribution in [0.2, 0.25) is 0 Å². The van der Waals surface area contributed by atoms with Crippen LogP contribution >= 0.6 is 15.6 Å². The Morgan fingerprint density at radius 1 is 1.15 bits per heavy atom. The van der Waals surface area contributed by atoms with E-state index in [1.165, 1.54) is 11.1 Å². The summed E-state index contributed by atoms with van der Waals surface area (Å²) in [5.74, 6) is 0. The van der Waals surface area contributed by atoms with Gasteiger partial charge in [-0.3, -0.25) is 4.52 Å². The Morgan fingerprint density at radius 2 is 1.85 bits per heavy atom. The van der Waals surface area contributed by atoms with E-state index in [2.05, 4.69) is 26.3 Å². The Kier molecular flexibility index (Phi) is 9.63. The monoisotopic (exact) mass is 419 g/mol. The fourth-order valence-electron chi connectivity index (χ4n) is 2.15.